The molecule has 1 heterocycles. The zero-order chi connectivity index (χ0) is 18.9. The van der Waals surface area contributed by atoms with Crippen LogP contribution in [0.25, 0.3) is 0 Å². The predicted molar refractivity (Wildman–Crippen MR) is 99.7 cm³/mol. The molecule has 3 rings (SSSR count). The van der Waals surface area contributed by atoms with Crippen LogP contribution in [0.15, 0.2) is 53.4 Å². The summed E-state index contributed by atoms with van der Waals surface area (Å²) >= 11 is 0. The summed E-state index contributed by atoms with van der Waals surface area (Å²) in [6.07, 6.45) is 1.67. The van der Waals surface area contributed by atoms with E-state index >= 15 is 0 Å². The fourth-order valence-electron chi connectivity index (χ4n) is 2.71. The molecule has 26 heavy (non-hydrogen) atoms. The average Bonchev–Trinajstić information content (AvgIpc) is 2.94. The summed E-state index contributed by atoms with van der Waals surface area (Å²) in [7, 11) is -6.65. The number of amides is 1. The molecule has 0 spiro atoms. The lowest BCUT2D eigenvalue weighted by molar-refractivity contribution is 0.102. The molecule has 1 amide bonds. The summed E-state index contributed by atoms with van der Waals surface area (Å²) < 4.78 is 48.4. The smallest absolute Gasteiger partial charge is 0.255 e. The van der Waals surface area contributed by atoms with Crippen molar-refractivity contribution in [2.45, 2.75) is 11.3 Å². The second-order valence-corrected chi connectivity index (χ2v) is 10.1. The van der Waals surface area contributed by atoms with Crippen LogP contribution in [0.2, 0.25) is 0 Å². The van der Waals surface area contributed by atoms with Gasteiger partial charge in [0.25, 0.3) is 5.91 Å². The van der Waals surface area contributed by atoms with Crippen LogP contribution in [0.5, 0.6) is 0 Å². The van der Waals surface area contributed by atoms with Crippen molar-refractivity contribution >= 4 is 37.1 Å². The molecule has 1 saturated heterocycles. The van der Waals surface area contributed by atoms with Gasteiger partial charge in [-0.25, -0.2) is 16.8 Å². The van der Waals surface area contributed by atoms with Gasteiger partial charge in [-0.15, -0.1) is 0 Å². The van der Waals surface area contributed by atoms with Gasteiger partial charge in [-0.3, -0.25) is 9.10 Å². The van der Waals surface area contributed by atoms with Crippen LogP contribution in [0.1, 0.15) is 16.8 Å². The Kier molecular flexibility index (Phi) is 4.76. The molecule has 0 aromatic heterocycles. The topological polar surface area (TPSA) is 101 Å². The molecule has 1 aliphatic heterocycles. The maximum atomic E-state index is 12.3. The minimum absolute atomic E-state index is 0.0692. The lowest BCUT2D eigenvalue weighted by atomic mass is 10.2. The Labute approximate surface area is 152 Å². The van der Waals surface area contributed by atoms with Gasteiger partial charge in [-0.05, 0) is 48.9 Å². The monoisotopic (exact) mass is 394 g/mol. The number of nitrogens with one attached hydrogen (secondary N) is 1. The summed E-state index contributed by atoms with van der Waals surface area (Å²) in [6, 6.07) is 12.3. The van der Waals surface area contributed by atoms with Crippen LogP contribution >= 0.6 is 0 Å². The fraction of sp³-hybridized carbons (Fsp3) is 0.235. The van der Waals surface area contributed by atoms with E-state index < -0.39 is 25.8 Å². The molecule has 0 aliphatic carbocycles. The molecule has 0 bridgehead atoms. The molecule has 0 unspecified atom stereocenters. The molecule has 9 heteroatoms. The quantitative estimate of drug-likeness (QED) is 0.853. The summed E-state index contributed by atoms with van der Waals surface area (Å²) in [5.74, 6) is -0.306. The van der Waals surface area contributed by atoms with E-state index in [-0.39, 0.29) is 16.2 Å². The molecule has 2 aromatic carbocycles. The molecular formula is C17H18N2O5S2. The standard InChI is InChI=1S/C17H18N2O5S2/c1-25(21,22)16-5-2-4-13(12-16)17(20)18-14-6-8-15(9-7-14)19-10-3-11-26(19,23)24/h2,4-9,12H,3,10-11H2,1H3,(H,18,20). The van der Waals surface area contributed by atoms with Crippen molar-refractivity contribution in [2.24, 2.45) is 0 Å². The Morgan fingerprint density at radius 2 is 1.81 bits per heavy atom. The number of anilines is 2. The molecule has 1 N–H and O–H groups in total. The van der Waals surface area contributed by atoms with Crippen LogP contribution in [0, 0.1) is 0 Å². The van der Waals surface area contributed by atoms with Gasteiger partial charge in [0.15, 0.2) is 9.84 Å². The van der Waals surface area contributed by atoms with Gasteiger partial charge in [-0.1, -0.05) is 6.07 Å². The van der Waals surface area contributed by atoms with Gasteiger partial charge in [0.05, 0.1) is 16.3 Å². The highest BCUT2D eigenvalue weighted by Gasteiger charge is 2.28. The maximum Gasteiger partial charge on any atom is 0.255 e. The zero-order valence-electron chi connectivity index (χ0n) is 14.0. The molecule has 138 valence electrons. The van der Waals surface area contributed by atoms with Gasteiger partial charge in [0.2, 0.25) is 10.0 Å². The van der Waals surface area contributed by atoms with Crippen LogP contribution in [-0.2, 0) is 19.9 Å². The number of hydrogen-bond donors (Lipinski definition) is 1. The van der Waals surface area contributed by atoms with Crippen molar-refractivity contribution in [3.05, 3.63) is 54.1 Å². The number of hydrogen-bond acceptors (Lipinski definition) is 5. The zero-order valence-corrected chi connectivity index (χ0v) is 15.7. The van der Waals surface area contributed by atoms with E-state index in [4.69, 9.17) is 0 Å². The highest BCUT2D eigenvalue weighted by Crippen LogP contribution is 2.25. The summed E-state index contributed by atoms with van der Waals surface area (Å²) in [6.45, 7) is 0.451. The van der Waals surface area contributed by atoms with Gasteiger partial charge in [0.1, 0.15) is 0 Å². The Morgan fingerprint density at radius 1 is 1.12 bits per heavy atom. The molecule has 2 aromatic rings. The number of carbonyl (C=O) groups excluding carboxylic acids is 1. The third-order valence-electron chi connectivity index (χ3n) is 4.04. The average molecular weight is 394 g/mol. The second kappa shape index (κ2) is 6.73. The van der Waals surface area contributed by atoms with Crippen molar-refractivity contribution in [1.29, 1.82) is 0 Å². The van der Waals surface area contributed by atoms with Crippen LogP contribution in [0.4, 0.5) is 11.4 Å². The SMILES string of the molecule is CS(=O)(=O)c1cccc(C(=O)Nc2ccc(N3CCCS3(=O)=O)cc2)c1. The van der Waals surface area contributed by atoms with Gasteiger partial charge in [-0.2, -0.15) is 0 Å². The highest BCUT2D eigenvalue weighted by atomic mass is 32.2. The number of rotatable bonds is 4. The highest BCUT2D eigenvalue weighted by molar-refractivity contribution is 7.93. The number of sulfone groups is 1. The normalized spacial score (nSPS) is 16.4. The van der Waals surface area contributed by atoms with Crippen LogP contribution < -0.4 is 9.62 Å². The van der Waals surface area contributed by atoms with E-state index in [0.29, 0.717) is 24.3 Å². The Hall–Kier alpha value is -2.39. The first-order valence-electron chi connectivity index (χ1n) is 7.89. The molecule has 1 aliphatic rings. The summed E-state index contributed by atoms with van der Waals surface area (Å²) in [5, 5.41) is 2.67. The molecule has 0 radical (unpaired) electrons. The van der Waals surface area contributed by atoms with E-state index in [1.54, 1.807) is 24.3 Å². The maximum absolute atomic E-state index is 12.3. The second-order valence-electron chi connectivity index (χ2n) is 6.04. The van der Waals surface area contributed by atoms with E-state index in [1.807, 2.05) is 0 Å². The van der Waals surface area contributed by atoms with Crippen LogP contribution in [0.3, 0.4) is 0 Å². The first kappa shape index (κ1) is 18.4. The molecule has 1 fully saturated rings. The number of carbonyl (C=O) groups is 1. The van der Waals surface area contributed by atoms with Gasteiger partial charge >= 0.3 is 0 Å². The van der Waals surface area contributed by atoms with E-state index in [9.17, 15) is 21.6 Å². The van der Waals surface area contributed by atoms with Gasteiger partial charge < -0.3 is 5.32 Å². The van der Waals surface area contributed by atoms with E-state index in [0.717, 1.165) is 6.26 Å². The molecule has 0 saturated carbocycles. The van der Waals surface area contributed by atoms with Crippen molar-refractivity contribution in [2.75, 3.05) is 28.2 Å². The summed E-state index contributed by atoms with van der Waals surface area (Å²) in [5.41, 5.74) is 1.26. The van der Waals surface area contributed by atoms with Crippen LogP contribution in [-0.4, -0.2) is 41.3 Å². The molecule has 7 nitrogen and oxygen atoms in total. The lowest BCUT2D eigenvalue weighted by Gasteiger charge is -2.17. The summed E-state index contributed by atoms with van der Waals surface area (Å²) in [4.78, 5) is 12.4. The van der Waals surface area contributed by atoms with Crippen molar-refractivity contribution in [3.8, 4) is 0 Å². The third-order valence-corrected chi connectivity index (χ3v) is 7.02. The van der Waals surface area contributed by atoms with Crippen molar-refractivity contribution < 1.29 is 21.6 Å². The predicted octanol–water partition coefficient (Wildman–Crippen LogP) is 1.88. The fourth-order valence-corrected chi connectivity index (χ4v) is 4.94. The first-order valence-corrected chi connectivity index (χ1v) is 11.4. The Balaban J connectivity index is 1.76. The number of benzene rings is 2. The minimum Gasteiger partial charge on any atom is -0.322 e. The lowest BCUT2D eigenvalue weighted by Crippen LogP contribution is -2.25. The first-order chi connectivity index (χ1) is 12.2. The minimum atomic E-state index is -3.40. The Morgan fingerprint density at radius 3 is 2.38 bits per heavy atom. The van der Waals surface area contributed by atoms with E-state index in [1.165, 1.54) is 28.6 Å². The third kappa shape index (κ3) is 3.88. The molecule has 0 atom stereocenters. The largest absolute Gasteiger partial charge is 0.322 e. The van der Waals surface area contributed by atoms with Crippen molar-refractivity contribution in [1.82, 2.24) is 0 Å². The Bertz CT molecular complexity index is 1040. The van der Waals surface area contributed by atoms with Crippen molar-refractivity contribution in [3.63, 3.8) is 0 Å². The van der Waals surface area contributed by atoms with E-state index in [2.05, 4.69) is 5.32 Å². The van der Waals surface area contributed by atoms with Gasteiger partial charge in [0, 0.05) is 24.1 Å². The number of nitrogens with zero attached hydrogens (tertiary/aromatic N) is 1. The molecular weight excluding hydrogens is 376 g/mol. The number of sulfonamides is 1.